The Labute approximate surface area is 149 Å². The van der Waals surface area contributed by atoms with E-state index in [-0.39, 0.29) is 0 Å². The van der Waals surface area contributed by atoms with Crippen molar-refractivity contribution in [3.8, 4) is 5.75 Å². The standard InChI is InChI=1S/C16H17N7OS/c1-24-14-6-4-12(5-7-14)11-25-16-22-21-15(23(16)17)20-19-10-13-3-2-8-18-9-13/h2-10H,11,17H2,1H3,(H,20,21)/b19-10+. The van der Waals surface area contributed by atoms with Crippen LogP contribution in [0.2, 0.25) is 0 Å². The molecule has 9 heteroatoms. The molecule has 0 unspecified atom stereocenters. The molecular formula is C16H17N7OS. The van der Waals surface area contributed by atoms with Crippen LogP contribution in [0.3, 0.4) is 0 Å². The molecule has 0 spiro atoms. The second kappa shape index (κ2) is 8.15. The third-order valence-corrected chi connectivity index (χ3v) is 4.27. The Hall–Kier alpha value is -3.07. The maximum absolute atomic E-state index is 5.99. The molecule has 0 atom stereocenters. The molecule has 0 amide bonds. The lowest BCUT2D eigenvalue weighted by atomic mass is 10.2. The summed E-state index contributed by atoms with van der Waals surface area (Å²) in [5.41, 5.74) is 4.78. The third-order valence-electron chi connectivity index (χ3n) is 3.25. The average Bonchev–Trinajstić information content (AvgIpc) is 3.01. The molecule has 0 bridgehead atoms. The molecule has 128 valence electrons. The summed E-state index contributed by atoms with van der Waals surface area (Å²) in [5, 5.41) is 12.7. The highest BCUT2D eigenvalue weighted by Gasteiger charge is 2.09. The van der Waals surface area contributed by atoms with Gasteiger partial charge in [-0.15, -0.1) is 10.2 Å². The van der Waals surface area contributed by atoms with Crippen LogP contribution in [0.5, 0.6) is 5.75 Å². The number of hydrogen-bond donors (Lipinski definition) is 2. The van der Waals surface area contributed by atoms with Crippen LogP contribution in [0.15, 0.2) is 59.0 Å². The smallest absolute Gasteiger partial charge is 0.264 e. The minimum Gasteiger partial charge on any atom is -0.497 e. The number of methoxy groups -OCH3 is 1. The van der Waals surface area contributed by atoms with E-state index >= 15 is 0 Å². The molecule has 0 radical (unpaired) electrons. The number of pyridine rings is 1. The Kier molecular flexibility index (Phi) is 5.47. The number of nitrogens with one attached hydrogen (secondary N) is 1. The van der Waals surface area contributed by atoms with Gasteiger partial charge in [0, 0.05) is 23.7 Å². The number of hydrazone groups is 1. The maximum Gasteiger partial charge on any atom is 0.264 e. The lowest BCUT2D eigenvalue weighted by Gasteiger charge is -2.04. The van der Waals surface area contributed by atoms with Crippen LogP contribution >= 0.6 is 11.8 Å². The summed E-state index contributed by atoms with van der Waals surface area (Å²) in [6.07, 6.45) is 5.04. The lowest BCUT2D eigenvalue weighted by molar-refractivity contribution is 0.414. The van der Waals surface area contributed by atoms with E-state index in [1.165, 1.54) is 16.4 Å². The number of hydrogen-bond acceptors (Lipinski definition) is 8. The van der Waals surface area contributed by atoms with Crippen molar-refractivity contribution in [2.45, 2.75) is 10.9 Å². The molecule has 0 aliphatic rings. The second-order valence-corrected chi connectivity index (χ2v) is 5.91. The SMILES string of the molecule is COc1ccc(CSc2nnc(N/N=C/c3cccnc3)n2N)cc1. The van der Waals surface area contributed by atoms with E-state index in [9.17, 15) is 0 Å². The van der Waals surface area contributed by atoms with Crippen molar-refractivity contribution in [2.75, 3.05) is 18.4 Å². The van der Waals surface area contributed by atoms with E-state index in [0.29, 0.717) is 11.1 Å². The van der Waals surface area contributed by atoms with Gasteiger partial charge in [-0.05, 0) is 23.8 Å². The Morgan fingerprint density at radius 3 is 2.84 bits per heavy atom. The summed E-state index contributed by atoms with van der Waals surface area (Å²) in [6, 6.07) is 11.6. The molecule has 8 nitrogen and oxygen atoms in total. The number of ether oxygens (including phenoxy) is 1. The van der Waals surface area contributed by atoms with Crippen LogP contribution in [0.25, 0.3) is 0 Å². The zero-order chi connectivity index (χ0) is 17.5. The van der Waals surface area contributed by atoms with Crippen LogP contribution in [0, 0.1) is 0 Å². The predicted molar refractivity (Wildman–Crippen MR) is 98.2 cm³/mol. The van der Waals surface area contributed by atoms with Crippen LogP contribution in [0.4, 0.5) is 5.95 Å². The first-order valence-corrected chi connectivity index (χ1v) is 8.40. The minimum absolute atomic E-state index is 0.359. The molecule has 0 aliphatic heterocycles. The molecule has 1 aromatic carbocycles. The molecule has 0 saturated carbocycles. The van der Waals surface area contributed by atoms with Crippen molar-refractivity contribution < 1.29 is 4.74 Å². The first-order chi connectivity index (χ1) is 12.3. The summed E-state index contributed by atoms with van der Waals surface area (Å²) in [7, 11) is 1.64. The fraction of sp³-hybridized carbons (Fsp3) is 0.125. The van der Waals surface area contributed by atoms with Gasteiger partial charge >= 0.3 is 0 Å². The van der Waals surface area contributed by atoms with Gasteiger partial charge < -0.3 is 10.6 Å². The van der Waals surface area contributed by atoms with Gasteiger partial charge in [-0.1, -0.05) is 30.0 Å². The van der Waals surface area contributed by atoms with Crippen LogP contribution in [-0.4, -0.2) is 33.2 Å². The van der Waals surface area contributed by atoms with E-state index in [1.807, 2.05) is 36.4 Å². The van der Waals surface area contributed by atoms with Crippen molar-refractivity contribution in [1.82, 2.24) is 19.9 Å². The molecule has 25 heavy (non-hydrogen) atoms. The third kappa shape index (κ3) is 4.48. The summed E-state index contributed by atoms with van der Waals surface area (Å²) >= 11 is 1.49. The van der Waals surface area contributed by atoms with E-state index in [4.69, 9.17) is 10.6 Å². The first kappa shape index (κ1) is 16.8. The summed E-state index contributed by atoms with van der Waals surface area (Å²) in [6.45, 7) is 0. The van der Waals surface area contributed by atoms with Gasteiger partial charge in [0.1, 0.15) is 5.75 Å². The zero-order valence-electron chi connectivity index (χ0n) is 13.5. The molecule has 3 rings (SSSR count). The Bertz CT molecular complexity index is 833. The Morgan fingerprint density at radius 1 is 1.28 bits per heavy atom. The Morgan fingerprint density at radius 2 is 2.12 bits per heavy atom. The fourth-order valence-corrected chi connectivity index (χ4v) is 2.75. The molecule has 3 aromatic rings. The maximum atomic E-state index is 5.99. The van der Waals surface area contributed by atoms with Crippen molar-refractivity contribution >= 4 is 23.9 Å². The van der Waals surface area contributed by atoms with E-state index in [2.05, 4.69) is 25.7 Å². The molecule has 0 fully saturated rings. The van der Waals surface area contributed by atoms with Gasteiger partial charge in [0.15, 0.2) is 0 Å². The van der Waals surface area contributed by atoms with E-state index < -0.39 is 0 Å². The zero-order valence-corrected chi connectivity index (χ0v) is 14.3. The monoisotopic (exact) mass is 355 g/mol. The summed E-state index contributed by atoms with van der Waals surface area (Å²) in [5.74, 6) is 7.90. The lowest BCUT2D eigenvalue weighted by Crippen LogP contribution is -2.13. The van der Waals surface area contributed by atoms with Crippen LogP contribution < -0.4 is 16.0 Å². The number of benzene rings is 1. The Balaban J connectivity index is 1.57. The average molecular weight is 355 g/mol. The van der Waals surface area contributed by atoms with E-state index in [1.54, 1.807) is 25.7 Å². The van der Waals surface area contributed by atoms with Gasteiger partial charge in [0.25, 0.3) is 5.95 Å². The highest BCUT2D eigenvalue weighted by atomic mass is 32.2. The number of nitrogens with two attached hydrogens (primary N) is 1. The summed E-state index contributed by atoms with van der Waals surface area (Å²) in [4.78, 5) is 4.01. The van der Waals surface area contributed by atoms with Crippen LogP contribution in [0.1, 0.15) is 11.1 Å². The van der Waals surface area contributed by atoms with Crippen molar-refractivity contribution in [2.24, 2.45) is 5.10 Å². The highest BCUT2D eigenvalue weighted by molar-refractivity contribution is 7.98. The predicted octanol–water partition coefficient (Wildman–Crippen LogP) is 2.13. The molecule has 2 aromatic heterocycles. The van der Waals surface area contributed by atoms with Crippen molar-refractivity contribution in [3.63, 3.8) is 0 Å². The number of thioether (sulfide) groups is 1. The topological polar surface area (TPSA) is 103 Å². The number of rotatable bonds is 7. The molecule has 2 heterocycles. The molecule has 0 saturated heterocycles. The van der Waals surface area contributed by atoms with Gasteiger partial charge in [-0.2, -0.15) is 5.10 Å². The highest BCUT2D eigenvalue weighted by Crippen LogP contribution is 2.22. The van der Waals surface area contributed by atoms with Gasteiger partial charge in [0.05, 0.1) is 13.3 Å². The summed E-state index contributed by atoms with van der Waals surface area (Å²) < 4.78 is 6.51. The molecule has 3 N–H and O–H groups in total. The number of anilines is 1. The number of nitrogen functional groups attached to an aromatic ring is 1. The van der Waals surface area contributed by atoms with Gasteiger partial charge in [-0.25, -0.2) is 10.1 Å². The minimum atomic E-state index is 0.359. The first-order valence-electron chi connectivity index (χ1n) is 7.41. The molecule has 0 aliphatic carbocycles. The van der Waals surface area contributed by atoms with Gasteiger partial charge in [0.2, 0.25) is 5.16 Å². The van der Waals surface area contributed by atoms with Crippen molar-refractivity contribution in [3.05, 3.63) is 59.9 Å². The van der Waals surface area contributed by atoms with E-state index in [0.717, 1.165) is 22.6 Å². The van der Waals surface area contributed by atoms with Crippen molar-refractivity contribution in [1.29, 1.82) is 0 Å². The van der Waals surface area contributed by atoms with Gasteiger partial charge in [-0.3, -0.25) is 4.98 Å². The largest absolute Gasteiger partial charge is 0.497 e. The quantitative estimate of drug-likeness (QED) is 0.290. The number of aromatic nitrogens is 4. The van der Waals surface area contributed by atoms with Crippen LogP contribution in [-0.2, 0) is 5.75 Å². The number of nitrogens with zero attached hydrogens (tertiary/aromatic N) is 5. The second-order valence-electron chi connectivity index (χ2n) is 4.97. The fourth-order valence-electron chi connectivity index (χ4n) is 1.94. The normalized spacial score (nSPS) is 10.9. The molecular weight excluding hydrogens is 338 g/mol.